The number of benzene rings is 2. The summed E-state index contributed by atoms with van der Waals surface area (Å²) in [6.07, 6.45) is -2.76. The lowest BCUT2D eigenvalue weighted by Crippen LogP contribution is -2.44. The van der Waals surface area contributed by atoms with E-state index in [1.54, 1.807) is 40.1 Å². The number of thioether (sulfide) groups is 1. The average Bonchev–Trinajstić information content (AvgIpc) is 3.29. The van der Waals surface area contributed by atoms with E-state index >= 15 is 0 Å². The molecule has 96 heavy (non-hydrogen) atoms. The zero-order valence-corrected chi connectivity index (χ0v) is 55.1. The molecule has 0 aliphatic rings. The molecular formula is C73H180F6N2O13S2. The molecule has 614 valence electrons. The molecule has 0 aliphatic carbocycles. The second-order valence-electron chi connectivity index (χ2n) is 18.2. The highest BCUT2D eigenvalue weighted by Crippen LogP contribution is 2.49. The fraction of sp³-hybridized carbons (Fsp3) is 0.767. The van der Waals surface area contributed by atoms with Crippen LogP contribution in [0.15, 0.2) is 48.5 Å². The van der Waals surface area contributed by atoms with Crippen molar-refractivity contribution < 1.29 is 87.2 Å². The molecule has 0 unspecified atom stereocenters. The topological polar surface area (TPSA) is 199 Å². The van der Waals surface area contributed by atoms with E-state index in [4.69, 9.17) is 4.74 Å². The number of aryl methyl sites for hydroxylation is 3. The van der Waals surface area contributed by atoms with E-state index in [1.165, 1.54) is 86.3 Å². The lowest BCUT2D eigenvalue weighted by atomic mass is 9.92. The van der Waals surface area contributed by atoms with Gasteiger partial charge in [-0.1, -0.05) is 257 Å². The summed E-state index contributed by atoms with van der Waals surface area (Å²) < 4.78 is 114. The maximum absolute atomic E-state index is 11.6. The maximum atomic E-state index is 11.6. The van der Waals surface area contributed by atoms with Crippen LogP contribution in [0.5, 0.6) is 5.75 Å². The molecule has 0 saturated heterocycles. The van der Waals surface area contributed by atoms with Gasteiger partial charge in [0.1, 0.15) is 21.4 Å². The quantitative estimate of drug-likeness (QED) is 0.163. The molecule has 0 bridgehead atoms. The molecule has 0 radical (unpaired) electrons. The normalized spacial score (nSPS) is 7.52. The minimum absolute atomic E-state index is 0. The fourth-order valence-electron chi connectivity index (χ4n) is 1.84. The first kappa shape index (κ1) is 198. The lowest BCUT2D eigenvalue weighted by molar-refractivity contribution is -0.327. The number of Topliss-reactive ketones (excluding diaryl/α,β-unsaturated/α-hetero) is 1. The second kappa shape index (κ2) is 130. The van der Waals surface area contributed by atoms with Crippen LogP contribution in [-0.4, -0.2) is 140 Å². The van der Waals surface area contributed by atoms with Gasteiger partial charge >= 0.3 is 30.6 Å². The third kappa shape index (κ3) is 287. The number of halogens is 6. The molecule has 15 nitrogen and oxygen atoms in total. The number of sulfone groups is 1. The van der Waals surface area contributed by atoms with Crippen molar-refractivity contribution >= 4 is 51.5 Å². The molecule has 2 N–H and O–H groups in total. The lowest BCUT2D eigenvalue weighted by Gasteiger charge is -2.29. The first-order valence-electron chi connectivity index (χ1n) is 23.8. The van der Waals surface area contributed by atoms with E-state index in [0.29, 0.717) is 5.41 Å². The summed E-state index contributed by atoms with van der Waals surface area (Å²) in [6, 6.07) is 16.6. The number of carbonyl (C=O) groups excluding carboxylic acids is 5. The summed E-state index contributed by atoms with van der Waals surface area (Å²) in [4.78, 5) is 48.3. The summed E-state index contributed by atoms with van der Waals surface area (Å²) in [5.74, 6) is 1.68. The molecule has 0 fully saturated rings. The van der Waals surface area contributed by atoms with Crippen LogP contribution >= 0.6 is 11.8 Å². The van der Waals surface area contributed by atoms with Crippen LogP contribution in [0.4, 0.5) is 35.9 Å². The van der Waals surface area contributed by atoms with Gasteiger partial charge in [-0.3, -0.25) is 9.59 Å². The van der Waals surface area contributed by atoms with Crippen molar-refractivity contribution in [2.45, 2.75) is 284 Å². The SMILES string of the molecule is C.C.C.C.C.C.C.C.C.C.C.C.C.C.C.C.C.C.CC(C)(C(F)(F)F)C(F)(F)F.CC(C)(C)C.CC(C)=O.CC(C)C.CCC.CCc1ccc(C)cc1.CNC(=O)OC.CNC(C)=O.COC.COC(=O)OC.COC(C)=O.COc1ccc(C)cc1.CS(C)(=O)=O.CSC. The van der Waals surface area contributed by atoms with E-state index in [1.807, 2.05) is 36.8 Å². The number of alkyl halides is 6. The Bertz CT molecular complexity index is 1600. The van der Waals surface area contributed by atoms with Crippen molar-refractivity contribution in [3.8, 4) is 5.75 Å². The number of ketones is 1. The minimum Gasteiger partial charge on any atom is -0.497 e. The number of amides is 2. The van der Waals surface area contributed by atoms with Crippen LogP contribution in [0.25, 0.3) is 0 Å². The molecule has 0 aliphatic heterocycles. The molecule has 2 amide bonds. The molecular weight excluding hydrogens is 1290 g/mol. The Balaban J connectivity index is -0.0000000175. The van der Waals surface area contributed by atoms with Gasteiger partial charge in [0.05, 0.1) is 35.5 Å². The Labute approximate surface area is 606 Å². The maximum Gasteiger partial charge on any atom is 0.507 e. The van der Waals surface area contributed by atoms with Gasteiger partial charge in [-0.2, -0.15) is 38.1 Å². The van der Waals surface area contributed by atoms with E-state index in [0.717, 1.165) is 30.6 Å². The third-order valence-electron chi connectivity index (χ3n) is 5.57. The first-order valence-corrected chi connectivity index (χ1v) is 27.8. The van der Waals surface area contributed by atoms with Crippen LogP contribution in [-0.2, 0) is 54.3 Å². The van der Waals surface area contributed by atoms with Crippen LogP contribution in [0.2, 0.25) is 0 Å². The minimum atomic E-state index is -5.24. The molecule has 2 rings (SSSR count). The molecule has 0 saturated carbocycles. The Morgan fingerprint density at radius 2 is 0.667 bits per heavy atom. The van der Waals surface area contributed by atoms with Crippen molar-refractivity contribution in [1.29, 1.82) is 0 Å². The van der Waals surface area contributed by atoms with E-state index in [-0.39, 0.29) is 165 Å². The number of methoxy groups -OCH3 is 6. The van der Waals surface area contributed by atoms with Gasteiger partial charge in [0, 0.05) is 54.7 Å². The highest BCUT2D eigenvalue weighted by molar-refractivity contribution is 7.97. The zero-order valence-electron chi connectivity index (χ0n) is 53.5. The van der Waals surface area contributed by atoms with Crippen LogP contribution in [0.1, 0.15) is 268 Å². The first-order chi connectivity index (χ1) is 35.0. The van der Waals surface area contributed by atoms with Crippen molar-refractivity contribution in [2.75, 3.05) is 88.9 Å². The summed E-state index contributed by atoms with van der Waals surface area (Å²) in [5.41, 5.74) is 0.892. The Morgan fingerprint density at radius 1 is 0.490 bits per heavy atom. The van der Waals surface area contributed by atoms with Gasteiger partial charge in [-0.05, 0) is 89.5 Å². The van der Waals surface area contributed by atoms with Crippen LogP contribution in [0.3, 0.4) is 0 Å². The van der Waals surface area contributed by atoms with Gasteiger partial charge in [0.25, 0.3) is 0 Å². The number of esters is 1. The standard InChI is InChI=1S/C9H12.C8H10O.C5H6F6.C5H12.C4H10.C3H7NO2.C3H7NO.C3H6O3.C3H6O2.C3H6O.C3H8.C2H6O2S.C2H6O.C2H6S.18CH4/c1-3-9-6-4-8(2)5-7-9;1-7-3-5-8(9-2)6-4-7;1-3(2,4(6,7)8)5(9,10)11;1-5(2,3)4;1-4(2)3;1-4-3(5)6-2;1-3(5)4-2;1-5-3(4)6-2;1-3(4)5-2;1-3(2)4;1-3-2;1-5(2,3)4;2*1-3-2;;;;;;;;;;;;;;;;;;/h4-7H,3H2,1-2H3;3-6H,1-2H3;1-2H3;1-4H3;4H,1-3H3;1-2H3,(H,4,5);1-2H3,(H,4,5);1-2H3;1-2H3;1-2H3;3H2,1-2H3;1-2H3;2*1-2H3;18*1H4. The molecule has 0 atom stereocenters. The number of alkyl carbamates (subject to hydrolysis) is 1. The van der Waals surface area contributed by atoms with Gasteiger partial charge < -0.3 is 43.8 Å². The summed E-state index contributed by atoms with van der Waals surface area (Å²) >= 11 is 1.75. The van der Waals surface area contributed by atoms with Crippen molar-refractivity contribution in [2.24, 2.45) is 16.7 Å². The van der Waals surface area contributed by atoms with Crippen LogP contribution in [0, 0.1) is 30.6 Å². The molecule has 0 aromatic heterocycles. The van der Waals surface area contributed by atoms with Crippen LogP contribution < -0.4 is 15.4 Å². The smallest absolute Gasteiger partial charge is 0.497 e. The largest absolute Gasteiger partial charge is 0.507 e. The summed E-state index contributed by atoms with van der Waals surface area (Å²) in [7, 11) is 10.5. The average molecular weight is 1470 g/mol. The van der Waals surface area contributed by atoms with Gasteiger partial charge in [0.2, 0.25) is 5.91 Å². The van der Waals surface area contributed by atoms with E-state index < -0.39 is 39.9 Å². The van der Waals surface area contributed by atoms with Crippen molar-refractivity contribution in [3.63, 3.8) is 0 Å². The monoisotopic (exact) mass is 1470 g/mol. The summed E-state index contributed by atoms with van der Waals surface area (Å²) in [6.45, 7) is 31.9. The molecule has 2 aromatic rings. The third-order valence-corrected chi connectivity index (χ3v) is 5.57. The Kier molecular flexibility index (Phi) is 269. The predicted molar refractivity (Wildman–Crippen MR) is 435 cm³/mol. The molecule has 0 spiro atoms. The Morgan fingerprint density at radius 3 is 0.740 bits per heavy atom. The highest BCUT2D eigenvalue weighted by atomic mass is 32.2. The summed E-state index contributed by atoms with van der Waals surface area (Å²) in [5, 5.41) is 4.64. The number of nitrogens with one attached hydrogen (secondary N) is 2. The molecule has 0 heterocycles. The van der Waals surface area contributed by atoms with Gasteiger partial charge in [0.15, 0.2) is 5.41 Å². The number of hydrogen-bond acceptors (Lipinski definition) is 14. The van der Waals surface area contributed by atoms with E-state index in [2.05, 4.69) is 142 Å². The number of carbonyl (C=O) groups is 5. The zero-order chi connectivity index (χ0) is 65.7. The number of rotatable bonds is 2. The van der Waals surface area contributed by atoms with Gasteiger partial charge in [-0.15, -0.1) is 0 Å². The van der Waals surface area contributed by atoms with Gasteiger partial charge in [-0.25, -0.2) is 18.0 Å². The number of hydrogen-bond donors (Lipinski definition) is 2. The molecule has 2 aromatic carbocycles. The molecule has 23 heteroatoms. The van der Waals surface area contributed by atoms with Crippen molar-refractivity contribution in [3.05, 3.63) is 65.2 Å². The highest BCUT2D eigenvalue weighted by Gasteiger charge is 2.64. The Hall–Kier alpha value is -4.77. The predicted octanol–water partition coefficient (Wildman–Crippen LogP) is 26.1. The van der Waals surface area contributed by atoms with E-state index in [9.17, 15) is 58.7 Å². The van der Waals surface area contributed by atoms with Crippen molar-refractivity contribution in [1.82, 2.24) is 10.6 Å². The number of ether oxygens (including phenoxy) is 6. The second-order valence-corrected chi connectivity index (χ2v) is 21.3. The fourth-order valence-corrected chi connectivity index (χ4v) is 1.84.